The Balaban J connectivity index is 1.61. The Morgan fingerprint density at radius 3 is 2.88 bits per heavy atom. The van der Waals surface area contributed by atoms with E-state index in [1.165, 1.54) is 0 Å². The summed E-state index contributed by atoms with van der Waals surface area (Å²) in [6, 6.07) is 11.2. The highest BCUT2D eigenvalue weighted by atomic mass is 32.1. The van der Waals surface area contributed by atoms with Crippen LogP contribution in [0.3, 0.4) is 0 Å². The standard InChI is InChI=1S/C17H18N4O2S/c1-21-11-12(9-19-21)15(22)10-18-17(23)20-14-6-3-2-5-13(14)16-7-4-8-24-16/h2-9,11,15,22H,10H2,1H3,(H2,18,20,23)/t15-/m0/s1. The van der Waals surface area contributed by atoms with Gasteiger partial charge in [-0.25, -0.2) is 4.79 Å². The van der Waals surface area contributed by atoms with Crippen LogP contribution in [0.1, 0.15) is 11.7 Å². The summed E-state index contributed by atoms with van der Waals surface area (Å²) in [5.74, 6) is 0. The van der Waals surface area contributed by atoms with Crippen molar-refractivity contribution in [1.29, 1.82) is 0 Å². The van der Waals surface area contributed by atoms with Crippen LogP contribution in [0.25, 0.3) is 10.4 Å². The number of hydrogen-bond acceptors (Lipinski definition) is 4. The summed E-state index contributed by atoms with van der Waals surface area (Å²) in [5, 5.41) is 21.6. The fourth-order valence-electron chi connectivity index (χ4n) is 2.32. The van der Waals surface area contributed by atoms with E-state index in [1.807, 2.05) is 41.8 Å². The maximum atomic E-state index is 12.1. The molecule has 0 saturated heterocycles. The number of nitrogens with one attached hydrogen (secondary N) is 2. The number of rotatable bonds is 5. The van der Waals surface area contributed by atoms with Gasteiger partial charge >= 0.3 is 6.03 Å². The second-order valence-electron chi connectivity index (χ2n) is 5.32. The largest absolute Gasteiger partial charge is 0.386 e. The third-order valence-corrected chi connectivity index (χ3v) is 4.43. The van der Waals surface area contributed by atoms with Gasteiger partial charge in [0.25, 0.3) is 0 Å². The third kappa shape index (κ3) is 3.81. The minimum absolute atomic E-state index is 0.110. The van der Waals surface area contributed by atoms with E-state index in [2.05, 4.69) is 15.7 Å². The predicted octanol–water partition coefficient (Wildman–Crippen LogP) is 3.00. The average molecular weight is 342 g/mol. The van der Waals surface area contributed by atoms with Crippen molar-refractivity contribution in [3.05, 3.63) is 59.7 Å². The van der Waals surface area contributed by atoms with E-state index < -0.39 is 6.10 Å². The molecule has 0 aliphatic rings. The second kappa shape index (κ2) is 7.29. The van der Waals surface area contributed by atoms with Gasteiger partial charge in [0.15, 0.2) is 0 Å². The first-order valence-electron chi connectivity index (χ1n) is 7.48. The number of anilines is 1. The van der Waals surface area contributed by atoms with E-state index >= 15 is 0 Å². The molecule has 1 aromatic carbocycles. The Morgan fingerprint density at radius 1 is 1.33 bits per heavy atom. The van der Waals surface area contributed by atoms with Crippen molar-refractivity contribution in [3.63, 3.8) is 0 Å². The van der Waals surface area contributed by atoms with E-state index in [9.17, 15) is 9.90 Å². The van der Waals surface area contributed by atoms with Crippen LogP contribution in [0.5, 0.6) is 0 Å². The molecule has 0 fully saturated rings. The molecule has 0 radical (unpaired) electrons. The molecular weight excluding hydrogens is 324 g/mol. The van der Waals surface area contributed by atoms with Crippen molar-refractivity contribution >= 4 is 23.1 Å². The number of aromatic nitrogens is 2. The average Bonchev–Trinajstić information content (AvgIpc) is 3.25. The van der Waals surface area contributed by atoms with Gasteiger partial charge in [0.2, 0.25) is 0 Å². The number of benzene rings is 1. The summed E-state index contributed by atoms with van der Waals surface area (Å²) in [6.07, 6.45) is 2.50. The third-order valence-electron chi connectivity index (χ3n) is 3.53. The van der Waals surface area contributed by atoms with Crippen molar-refractivity contribution in [2.75, 3.05) is 11.9 Å². The lowest BCUT2D eigenvalue weighted by Gasteiger charge is -2.13. The monoisotopic (exact) mass is 342 g/mol. The van der Waals surface area contributed by atoms with Crippen molar-refractivity contribution in [2.45, 2.75) is 6.10 Å². The summed E-state index contributed by atoms with van der Waals surface area (Å²) in [7, 11) is 1.78. The lowest BCUT2D eigenvalue weighted by Crippen LogP contribution is -2.32. The molecule has 2 aromatic heterocycles. The van der Waals surface area contributed by atoms with Crippen LogP contribution in [0, 0.1) is 0 Å². The first-order valence-corrected chi connectivity index (χ1v) is 8.36. The number of urea groups is 1. The highest BCUT2D eigenvalue weighted by Gasteiger charge is 2.12. The van der Waals surface area contributed by atoms with Crippen LogP contribution < -0.4 is 10.6 Å². The number of carbonyl (C=O) groups excluding carboxylic acids is 1. The molecule has 2 heterocycles. The molecule has 0 aliphatic carbocycles. The summed E-state index contributed by atoms with van der Waals surface area (Å²) in [4.78, 5) is 13.2. The van der Waals surface area contributed by atoms with E-state index in [1.54, 1.807) is 35.5 Å². The van der Waals surface area contributed by atoms with E-state index in [0.29, 0.717) is 5.56 Å². The first kappa shape index (κ1) is 16.2. The fraction of sp³-hybridized carbons (Fsp3) is 0.176. The number of thiophene rings is 1. The number of aliphatic hydroxyl groups excluding tert-OH is 1. The van der Waals surface area contributed by atoms with Crippen LogP contribution >= 0.6 is 11.3 Å². The minimum atomic E-state index is -0.794. The maximum absolute atomic E-state index is 12.1. The number of aryl methyl sites for hydroxylation is 1. The zero-order chi connectivity index (χ0) is 16.9. The quantitative estimate of drug-likeness (QED) is 0.667. The fourth-order valence-corrected chi connectivity index (χ4v) is 3.09. The molecule has 2 amide bonds. The number of aliphatic hydroxyl groups is 1. The lowest BCUT2D eigenvalue weighted by atomic mass is 10.1. The Hall–Kier alpha value is -2.64. The van der Waals surface area contributed by atoms with Crippen molar-refractivity contribution in [3.8, 4) is 10.4 Å². The van der Waals surface area contributed by atoms with Crippen LogP contribution in [-0.4, -0.2) is 27.5 Å². The molecule has 24 heavy (non-hydrogen) atoms. The molecule has 0 bridgehead atoms. The van der Waals surface area contributed by atoms with Crippen molar-refractivity contribution < 1.29 is 9.90 Å². The molecule has 3 rings (SSSR count). The van der Waals surface area contributed by atoms with Crippen molar-refractivity contribution in [2.24, 2.45) is 7.05 Å². The van der Waals surface area contributed by atoms with Crippen LogP contribution in [-0.2, 0) is 7.05 Å². The first-order chi connectivity index (χ1) is 11.6. The predicted molar refractivity (Wildman–Crippen MR) is 94.9 cm³/mol. The normalized spacial score (nSPS) is 11.9. The number of amides is 2. The summed E-state index contributed by atoms with van der Waals surface area (Å²) >= 11 is 1.61. The number of hydrogen-bond donors (Lipinski definition) is 3. The van der Waals surface area contributed by atoms with Gasteiger partial charge in [0.1, 0.15) is 0 Å². The molecule has 0 saturated carbocycles. The number of nitrogens with zero attached hydrogens (tertiary/aromatic N) is 2. The summed E-state index contributed by atoms with van der Waals surface area (Å²) in [6.45, 7) is 0.110. The van der Waals surface area contributed by atoms with Gasteiger partial charge in [0.05, 0.1) is 18.0 Å². The van der Waals surface area contributed by atoms with Gasteiger partial charge in [-0.3, -0.25) is 4.68 Å². The van der Waals surface area contributed by atoms with Crippen LogP contribution in [0.4, 0.5) is 10.5 Å². The molecule has 6 nitrogen and oxygen atoms in total. The second-order valence-corrected chi connectivity index (χ2v) is 6.27. The topological polar surface area (TPSA) is 79.2 Å². The van der Waals surface area contributed by atoms with E-state index in [-0.39, 0.29) is 12.6 Å². The molecule has 3 aromatic rings. The Kier molecular flexibility index (Phi) is 4.93. The minimum Gasteiger partial charge on any atom is -0.386 e. The SMILES string of the molecule is Cn1cc([C@@H](O)CNC(=O)Nc2ccccc2-c2cccs2)cn1. The van der Waals surface area contributed by atoms with E-state index in [0.717, 1.165) is 16.1 Å². The molecule has 124 valence electrons. The highest BCUT2D eigenvalue weighted by Crippen LogP contribution is 2.31. The summed E-state index contributed by atoms with van der Waals surface area (Å²) in [5.41, 5.74) is 2.36. The molecular formula is C17H18N4O2S. The van der Waals surface area contributed by atoms with Crippen LogP contribution in [0.2, 0.25) is 0 Å². The lowest BCUT2D eigenvalue weighted by molar-refractivity contribution is 0.175. The van der Waals surface area contributed by atoms with E-state index in [4.69, 9.17) is 0 Å². The van der Waals surface area contributed by atoms with Gasteiger partial charge in [-0.05, 0) is 17.5 Å². The smallest absolute Gasteiger partial charge is 0.319 e. The Labute approximate surface area is 143 Å². The Bertz CT molecular complexity index is 814. The molecule has 7 heteroatoms. The molecule has 1 atom stereocenters. The number of carbonyl (C=O) groups is 1. The maximum Gasteiger partial charge on any atom is 0.319 e. The molecule has 0 aliphatic heterocycles. The Morgan fingerprint density at radius 2 is 2.17 bits per heavy atom. The molecule has 3 N–H and O–H groups in total. The van der Waals surface area contributed by atoms with Crippen LogP contribution in [0.15, 0.2) is 54.2 Å². The summed E-state index contributed by atoms with van der Waals surface area (Å²) < 4.78 is 1.61. The van der Waals surface area contributed by atoms with Gasteiger partial charge in [-0.1, -0.05) is 24.3 Å². The zero-order valence-electron chi connectivity index (χ0n) is 13.1. The van der Waals surface area contributed by atoms with Gasteiger partial charge < -0.3 is 15.7 Å². The van der Waals surface area contributed by atoms with Gasteiger partial charge in [0, 0.05) is 35.8 Å². The van der Waals surface area contributed by atoms with Gasteiger partial charge in [-0.2, -0.15) is 5.10 Å². The molecule has 0 unspecified atom stereocenters. The molecule has 0 spiro atoms. The van der Waals surface area contributed by atoms with Gasteiger partial charge in [-0.15, -0.1) is 11.3 Å². The highest BCUT2D eigenvalue weighted by molar-refractivity contribution is 7.13. The number of para-hydroxylation sites is 1. The van der Waals surface area contributed by atoms with Crippen molar-refractivity contribution in [1.82, 2.24) is 15.1 Å². The zero-order valence-corrected chi connectivity index (χ0v) is 14.0.